The highest BCUT2D eigenvalue weighted by Crippen LogP contribution is 2.29. The third kappa shape index (κ3) is 2.70. The zero-order valence-electron chi connectivity index (χ0n) is 9.65. The van der Waals surface area contributed by atoms with E-state index < -0.39 is 0 Å². The molecule has 88 valence electrons. The average molecular weight is 222 g/mol. The van der Waals surface area contributed by atoms with Crippen LogP contribution >= 0.6 is 0 Å². The van der Waals surface area contributed by atoms with Crippen LogP contribution < -0.4 is 4.74 Å². The molecule has 0 atom stereocenters. The minimum absolute atomic E-state index is 0.0197. The summed E-state index contributed by atoms with van der Waals surface area (Å²) < 4.78 is 5.49. The van der Waals surface area contributed by atoms with Gasteiger partial charge in [0, 0.05) is 11.8 Å². The highest BCUT2D eigenvalue weighted by molar-refractivity contribution is 5.16. The van der Waals surface area contributed by atoms with Crippen molar-refractivity contribution in [2.45, 2.75) is 39.2 Å². The molecule has 0 unspecified atom stereocenters. The Bertz CT molecular complexity index is 351. The summed E-state index contributed by atoms with van der Waals surface area (Å²) in [5.41, 5.74) is 1.54. The van der Waals surface area contributed by atoms with Crippen molar-refractivity contribution in [2.75, 3.05) is 6.61 Å². The summed E-state index contributed by atoms with van der Waals surface area (Å²) in [5, 5.41) is 8.98. The van der Waals surface area contributed by atoms with Gasteiger partial charge in [0.15, 0.2) is 0 Å². The lowest BCUT2D eigenvalue weighted by atomic mass is 9.83. The quantitative estimate of drug-likeness (QED) is 0.826. The molecule has 0 aliphatic heterocycles. The van der Waals surface area contributed by atoms with E-state index in [1.54, 1.807) is 6.20 Å². The Kier molecular flexibility index (Phi) is 3.72. The van der Waals surface area contributed by atoms with Crippen LogP contribution in [0.2, 0.25) is 0 Å². The predicted molar refractivity (Wildman–Crippen MR) is 60.1 cm³/mol. The Morgan fingerprint density at radius 3 is 2.88 bits per heavy atom. The molecule has 1 fully saturated rings. The van der Waals surface area contributed by atoms with Crippen molar-refractivity contribution in [3.63, 3.8) is 0 Å². The fraction of sp³-hybridized carbons (Fsp3) is 0.667. The largest absolute Gasteiger partial charge is 0.463 e. The maximum Gasteiger partial charge on any atom is 0.316 e. The van der Waals surface area contributed by atoms with Crippen LogP contribution in [0.25, 0.3) is 0 Å². The second-order valence-electron chi connectivity index (χ2n) is 4.36. The van der Waals surface area contributed by atoms with Crippen molar-refractivity contribution in [1.29, 1.82) is 0 Å². The molecule has 0 aromatic carbocycles. The molecule has 16 heavy (non-hydrogen) atoms. The van der Waals surface area contributed by atoms with E-state index >= 15 is 0 Å². The van der Waals surface area contributed by atoms with E-state index in [0.29, 0.717) is 12.6 Å². The molecule has 0 spiro atoms. The Balaban J connectivity index is 1.81. The standard InChI is InChI=1S/C12H18N2O2/c1-9-11(8-15)7-13-12(14-9)16-6-5-10-3-2-4-10/h7,10,15H,2-6,8H2,1H3. The molecule has 4 nitrogen and oxygen atoms in total. The van der Waals surface area contributed by atoms with Gasteiger partial charge in [-0.1, -0.05) is 19.3 Å². The molecular weight excluding hydrogens is 204 g/mol. The zero-order chi connectivity index (χ0) is 11.4. The Morgan fingerprint density at radius 1 is 1.50 bits per heavy atom. The van der Waals surface area contributed by atoms with Crippen molar-refractivity contribution < 1.29 is 9.84 Å². The summed E-state index contributed by atoms with van der Waals surface area (Å²) in [7, 11) is 0. The predicted octanol–water partition coefficient (Wildman–Crippen LogP) is 1.85. The highest BCUT2D eigenvalue weighted by atomic mass is 16.5. The van der Waals surface area contributed by atoms with E-state index in [1.165, 1.54) is 19.3 Å². The number of nitrogens with zero attached hydrogens (tertiary/aromatic N) is 2. The summed E-state index contributed by atoms with van der Waals surface area (Å²) in [6.45, 7) is 2.53. The van der Waals surface area contributed by atoms with Crippen LogP contribution in [-0.2, 0) is 6.61 Å². The number of hydrogen-bond donors (Lipinski definition) is 1. The van der Waals surface area contributed by atoms with Gasteiger partial charge in [-0.05, 0) is 19.3 Å². The summed E-state index contributed by atoms with van der Waals surface area (Å²) in [4.78, 5) is 8.25. The van der Waals surface area contributed by atoms with E-state index in [0.717, 1.165) is 23.6 Å². The zero-order valence-corrected chi connectivity index (χ0v) is 9.65. The Labute approximate surface area is 95.7 Å². The number of aliphatic hydroxyl groups excluding tert-OH is 1. The van der Waals surface area contributed by atoms with Gasteiger partial charge in [0.1, 0.15) is 0 Å². The molecule has 0 amide bonds. The van der Waals surface area contributed by atoms with Gasteiger partial charge in [0.2, 0.25) is 0 Å². The first-order valence-electron chi connectivity index (χ1n) is 5.86. The third-order valence-electron chi connectivity index (χ3n) is 3.21. The number of rotatable bonds is 5. The smallest absolute Gasteiger partial charge is 0.316 e. The van der Waals surface area contributed by atoms with E-state index in [9.17, 15) is 0 Å². The fourth-order valence-electron chi connectivity index (χ4n) is 1.79. The summed E-state index contributed by atoms with van der Waals surface area (Å²) >= 11 is 0. The first-order valence-corrected chi connectivity index (χ1v) is 5.86. The molecule has 1 aliphatic carbocycles. The van der Waals surface area contributed by atoms with Crippen LogP contribution in [0, 0.1) is 12.8 Å². The van der Waals surface area contributed by atoms with Crippen molar-refractivity contribution in [3.8, 4) is 6.01 Å². The summed E-state index contributed by atoms with van der Waals surface area (Å²) in [6, 6.07) is 0.425. The van der Waals surface area contributed by atoms with E-state index in [4.69, 9.17) is 9.84 Å². The second kappa shape index (κ2) is 5.25. The Morgan fingerprint density at radius 2 is 2.31 bits per heavy atom. The van der Waals surface area contributed by atoms with Gasteiger partial charge in [-0.15, -0.1) is 0 Å². The highest BCUT2D eigenvalue weighted by Gasteiger charge is 2.17. The van der Waals surface area contributed by atoms with Crippen LogP contribution in [0.4, 0.5) is 0 Å². The molecule has 0 radical (unpaired) electrons. The summed E-state index contributed by atoms with van der Waals surface area (Å²) in [5.74, 6) is 0.845. The van der Waals surface area contributed by atoms with Gasteiger partial charge < -0.3 is 9.84 Å². The van der Waals surface area contributed by atoms with E-state index in [-0.39, 0.29) is 6.61 Å². The minimum atomic E-state index is -0.0197. The van der Waals surface area contributed by atoms with Crippen molar-refractivity contribution in [1.82, 2.24) is 9.97 Å². The fourth-order valence-corrected chi connectivity index (χ4v) is 1.79. The van der Waals surface area contributed by atoms with E-state index in [1.807, 2.05) is 6.92 Å². The molecule has 2 rings (SSSR count). The van der Waals surface area contributed by atoms with Crippen LogP contribution in [0.15, 0.2) is 6.20 Å². The van der Waals surface area contributed by atoms with Gasteiger partial charge in [0.25, 0.3) is 0 Å². The normalized spacial score (nSPS) is 15.9. The maximum atomic E-state index is 8.98. The maximum absolute atomic E-state index is 8.98. The van der Waals surface area contributed by atoms with Crippen molar-refractivity contribution >= 4 is 0 Å². The van der Waals surface area contributed by atoms with Crippen LogP contribution in [-0.4, -0.2) is 21.7 Å². The average Bonchev–Trinajstić information content (AvgIpc) is 2.22. The molecule has 1 aliphatic rings. The molecule has 1 aromatic heterocycles. The molecule has 4 heteroatoms. The third-order valence-corrected chi connectivity index (χ3v) is 3.21. The van der Waals surface area contributed by atoms with Crippen LogP contribution in [0.5, 0.6) is 6.01 Å². The van der Waals surface area contributed by atoms with Crippen molar-refractivity contribution in [3.05, 3.63) is 17.5 Å². The first kappa shape index (κ1) is 11.3. The Hall–Kier alpha value is -1.16. The lowest BCUT2D eigenvalue weighted by Crippen LogP contribution is -2.15. The van der Waals surface area contributed by atoms with Gasteiger partial charge >= 0.3 is 6.01 Å². The van der Waals surface area contributed by atoms with Gasteiger partial charge in [0.05, 0.1) is 18.9 Å². The molecule has 0 bridgehead atoms. The summed E-state index contributed by atoms with van der Waals surface area (Å²) in [6.07, 6.45) is 6.77. The monoisotopic (exact) mass is 222 g/mol. The first-order chi connectivity index (χ1) is 7.79. The molecule has 1 aromatic rings. The minimum Gasteiger partial charge on any atom is -0.463 e. The number of aryl methyl sites for hydroxylation is 1. The molecule has 1 N–H and O–H groups in total. The lowest BCUT2D eigenvalue weighted by Gasteiger charge is -2.24. The molecular formula is C12H18N2O2. The van der Waals surface area contributed by atoms with Gasteiger partial charge in [-0.3, -0.25) is 0 Å². The van der Waals surface area contributed by atoms with Gasteiger partial charge in [-0.25, -0.2) is 9.97 Å². The molecule has 1 heterocycles. The lowest BCUT2D eigenvalue weighted by molar-refractivity contribution is 0.211. The molecule has 0 saturated heterocycles. The number of ether oxygens (including phenoxy) is 1. The number of aliphatic hydroxyl groups is 1. The van der Waals surface area contributed by atoms with Crippen molar-refractivity contribution in [2.24, 2.45) is 5.92 Å². The van der Waals surface area contributed by atoms with E-state index in [2.05, 4.69) is 9.97 Å². The number of hydrogen-bond acceptors (Lipinski definition) is 4. The molecule has 1 saturated carbocycles. The van der Waals surface area contributed by atoms with Crippen LogP contribution in [0.1, 0.15) is 36.9 Å². The SMILES string of the molecule is Cc1nc(OCCC2CCC2)ncc1CO. The topological polar surface area (TPSA) is 55.2 Å². The van der Waals surface area contributed by atoms with Crippen LogP contribution in [0.3, 0.4) is 0 Å². The second-order valence-corrected chi connectivity index (χ2v) is 4.36. The number of aromatic nitrogens is 2. The van der Waals surface area contributed by atoms with Gasteiger partial charge in [-0.2, -0.15) is 0 Å².